The van der Waals surface area contributed by atoms with Gasteiger partial charge in [-0.15, -0.1) is 0 Å². The molecule has 2 N–H and O–H groups in total. The van der Waals surface area contributed by atoms with Gasteiger partial charge in [0.05, 0.1) is 29.5 Å². The summed E-state index contributed by atoms with van der Waals surface area (Å²) in [7, 11) is 1.72. The predicted octanol–water partition coefficient (Wildman–Crippen LogP) is 4.33. The summed E-state index contributed by atoms with van der Waals surface area (Å²) in [6, 6.07) is 4.03. The van der Waals surface area contributed by atoms with Gasteiger partial charge in [0, 0.05) is 12.6 Å². The second-order valence-electron chi connectivity index (χ2n) is 8.44. The maximum Gasteiger partial charge on any atom is 0.408 e. The van der Waals surface area contributed by atoms with Gasteiger partial charge in [-0.2, -0.15) is 5.10 Å². The predicted molar refractivity (Wildman–Crippen MR) is 112 cm³/mol. The Balaban J connectivity index is 2.07. The summed E-state index contributed by atoms with van der Waals surface area (Å²) >= 11 is 0. The minimum atomic E-state index is -0.658. The third-order valence-corrected chi connectivity index (χ3v) is 4.69. The smallest absolute Gasteiger partial charge is 0.408 e. The van der Waals surface area contributed by atoms with E-state index in [9.17, 15) is 14.0 Å². The number of amides is 2. The highest BCUT2D eigenvalue weighted by molar-refractivity contribution is 5.96. The number of fused-ring (bicyclic) bond motifs is 4. The van der Waals surface area contributed by atoms with Gasteiger partial charge < -0.3 is 15.4 Å². The molecule has 0 fully saturated rings. The first-order valence-corrected chi connectivity index (χ1v) is 9.83. The molecule has 0 aliphatic carbocycles. The Hall–Kier alpha value is -3.16. The summed E-state index contributed by atoms with van der Waals surface area (Å²) < 4.78 is 21.5. The number of ether oxygens (including phenoxy) is 1. The Labute approximate surface area is 175 Å². The van der Waals surface area contributed by atoms with E-state index in [0.29, 0.717) is 28.9 Å². The van der Waals surface area contributed by atoms with Crippen molar-refractivity contribution >= 4 is 17.7 Å². The van der Waals surface area contributed by atoms with Crippen LogP contribution in [-0.4, -0.2) is 27.4 Å². The molecule has 0 saturated carbocycles. The zero-order chi connectivity index (χ0) is 22.1. The molecule has 30 heavy (non-hydrogen) atoms. The number of benzene rings is 1. The number of aromatic nitrogens is 2. The summed E-state index contributed by atoms with van der Waals surface area (Å²) in [4.78, 5) is 24.9. The number of hydrogen-bond acceptors (Lipinski definition) is 4. The van der Waals surface area contributed by atoms with Crippen LogP contribution in [0.25, 0.3) is 11.3 Å². The number of halogens is 1. The number of hydrogen-bond donors (Lipinski definition) is 2. The molecule has 2 bridgehead atoms. The Morgan fingerprint density at radius 2 is 2.07 bits per heavy atom. The molecule has 1 aliphatic rings. The first-order valence-electron chi connectivity index (χ1n) is 9.83. The number of anilines is 1. The molecule has 7 nitrogen and oxygen atoms in total. The van der Waals surface area contributed by atoms with Crippen LogP contribution in [0.4, 0.5) is 14.9 Å². The van der Waals surface area contributed by atoms with Gasteiger partial charge in [-0.3, -0.25) is 9.48 Å². The molecule has 0 unspecified atom stereocenters. The van der Waals surface area contributed by atoms with E-state index in [-0.39, 0.29) is 5.91 Å². The van der Waals surface area contributed by atoms with Crippen LogP contribution in [0.1, 0.15) is 45.7 Å². The average molecular weight is 414 g/mol. The highest BCUT2D eigenvalue weighted by Gasteiger charge is 2.23. The van der Waals surface area contributed by atoms with Gasteiger partial charge in [-0.05, 0) is 51.0 Å². The van der Waals surface area contributed by atoms with Gasteiger partial charge in [-0.1, -0.05) is 19.1 Å². The molecule has 8 heteroatoms. The molecule has 160 valence electrons. The van der Waals surface area contributed by atoms with E-state index in [0.717, 1.165) is 0 Å². The van der Waals surface area contributed by atoms with Crippen LogP contribution in [0.15, 0.2) is 36.5 Å². The molecule has 2 aromatic rings. The van der Waals surface area contributed by atoms with E-state index in [1.54, 1.807) is 51.6 Å². The maximum absolute atomic E-state index is 14.6. The summed E-state index contributed by atoms with van der Waals surface area (Å²) in [5, 5.41) is 9.89. The van der Waals surface area contributed by atoms with Crippen molar-refractivity contribution in [3.05, 3.63) is 47.9 Å². The molecular formula is C22H27FN4O3. The van der Waals surface area contributed by atoms with Gasteiger partial charge >= 0.3 is 6.09 Å². The lowest BCUT2D eigenvalue weighted by Crippen LogP contribution is -2.35. The van der Waals surface area contributed by atoms with Crippen LogP contribution < -0.4 is 10.6 Å². The third-order valence-electron chi connectivity index (χ3n) is 4.69. The number of aryl methyl sites for hydroxylation is 1. The Bertz CT molecular complexity index is 991. The second-order valence-corrected chi connectivity index (χ2v) is 8.44. The SMILES string of the molecule is C[C@@H]1/C=C/C[C@H](NC(=O)OC(C)(C)C)c2cc(F)cc(c2)-c2c(cnn2C)NC1=O. The average Bonchev–Trinajstić information content (AvgIpc) is 2.98. The minimum absolute atomic E-state index is 0.200. The van der Waals surface area contributed by atoms with Crippen molar-refractivity contribution in [2.45, 2.75) is 45.8 Å². The number of nitrogens with zero attached hydrogens (tertiary/aromatic N) is 2. The van der Waals surface area contributed by atoms with Crippen LogP contribution in [0.3, 0.4) is 0 Å². The van der Waals surface area contributed by atoms with Crippen molar-refractivity contribution in [3.63, 3.8) is 0 Å². The van der Waals surface area contributed by atoms with Crippen LogP contribution >= 0.6 is 0 Å². The van der Waals surface area contributed by atoms with Crippen molar-refractivity contribution < 1.29 is 18.7 Å². The van der Waals surface area contributed by atoms with Crippen molar-refractivity contribution in [2.24, 2.45) is 13.0 Å². The van der Waals surface area contributed by atoms with Crippen LogP contribution in [0.5, 0.6) is 0 Å². The maximum atomic E-state index is 14.6. The van der Waals surface area contributed by atoms with Gasteiger partial charge in [0.25, 0.3) is 0 Å². The van der Waals surface area contributed by atoms with Gasteiger partial charge in [-0.25, -0.2) is 9.18 Å². The summed E-state index contributed by atoms with van der Waals surface area (Å²) in [5.74, 6) is -1.05. The lowest BCUT2D eigenvalue weighted by Gasteiger charge is -2.24. The van der Waals surface area contributed by atoms with Gasteiger partial charge in [0.2, 0.25) is 5.91 Å². The lowest BCUT2D eigenvalue weighted by molar-refractivity contribution is -0.118. The molecule has 0 saturated heterocycles. The monoisotopic (exact) mass is 414 g/mol. The quantitative estimate of drug-likeness (QED) is 0.681. The summed E-state index contributed by atoms with van der Waals surface area (Å²) in [6.07, 6.45) is 4.89. The molecule has 0 radical (unpaired) electrons. The number of carbonyl (C=O) groups is 2. The molecular weight excluding hydrogens is 387 g/mol. The fourth-order valence-corrected chi connectivity index (χ4v) is 3.30. The number of carbonyl (C=O) groups excluding carboxylic acids is 2. The number of rotatable bonds is 1. The van der Waals surface area contributed by atoms with E-state index >= 15 is 0 Å². The largest absolute Gasteiger partial charge is 0.444 e. The van der Waals surface area contributed by atoms with E-state index in [1.165, 1.54) is 18.3 Å². The van der Waals surface area contributed by atoms with Crippen molar-refractivity contribution in [1.29, 1.82) is 0 Å². The number of nitrogens with one attached hydrogen (secondary N) is 2. The Kier molecular flexibility index (Phi) is 5.96. The van der Waals surface area contributed by atoms with Gasteiger partial charge in [0.1, 0.15) is 11.4 Å². The highest BCUT2D eigenvalue weighted by Crippen LogP contribution is 2.32. The molecule has 2 heterocycles. The molecule has 2 atom stereocenters. The molecule has 3 rings (SSSR count). The van der Waals surface area contributed by atoms with E-state index in [2.05, 4.69) is 15.7 Å². The third kappa shape index (κ3) is 5.06. The van der Waals surface area contributed by atoms with Crippen molar-refractivity contribution in [1.82, 2.24) is 15.1 Å². The second kappa shape index (κ2) is 8.30. The van der Waals surface area contributed by atoms with E-state index < -0.39 is 29.5 Å². The summed E-state index contributed by atoms with van der Waals surface area (Å²) in [6.45, 7) is 7.11. The Morgan fingerprint density at radius 3 is 2.77 bits per heavy atom. The molecule has 2 amide bonds. The molecule has 0 spiro atoms. The fraction of sp³-hybridized carbons (Fsp3) is 0.409. The Morgan fingerprint density at radius 1 is 1.33 bits per heavy atom. The molecule has 1 aromatic heterocycles. The standard InChI is InChI=1S/C22H27FN4O3/c1-13-7-6-8-17(26-21(29)30-22(2,3)4)14-9-15(11-16(23)10-14)19-18(25-20(13)28)12-24-27(19)5/h6-7,9-13,17H,8H2,1-5H3,(H,25,28)(H,26,29)/b7-6+/t13-,17+/m1/s1. The molecule has 1 aromatic carbocycles. The molecule has 1 aliphatic heterocycles. The van der Waals surface area contributed by atoms with Crippen LogP contribution in [0.2, 0.25) is 0 Å². The van der Waals surface area contributed by atoms with E-state index in [1.807, 2.05) is 6.08 Å². The zero-order valence-corrected chi connectivity index (χ0v) is 17.8. The normalized spacial score (nSPS) is 20.3. The van der Waals surface area contributed by atoms with Crippen molar-refractivity contribution in [2.75, 3.05) is 5.32 Å². The van der Waals surface area contributed by atoms with Crippen molar-refractivity contribution in [3.8, 4) is 11.3 Å². The van der Waals surface area contributed by atoms with Gasteiger partial charge in [0.15, 0.2) is 0 Å². The first kappa shape index (κ1) is 21.5. The lowest BCUT2D eigenvalue weighted by atomic mass is 9.97. The number of alkyl carbamates (subject to hydrolysis) is 1. The van der Waals surface area contributed by atoms with Crippen LogP contribution in [0, 0.1) is 11.7 Å². The van der Waals surface area contributed by atoms with Crippen LogP contribution in [-0.2, 0) is 16.6 Å². The zero-order valence-electron chi connectivity index (χ0n) is 17.8. The first-order chi connectivity index (χ1) is 14.0. The minimum Gasteiger partial charge on any atom is -0.444 e. The highest BCUT2D eigenvalue weighted by atomic mass is 19.1. The topological polar surface area (TPSA) is 85.2 Å². The van der Waals surface area contributed by atoms with E-state index in [4.69, 9.17) is 4.74 Å². The summed E-state index contributed by atoms with van der Waals surface area (Å²) in [5.41, 5.74) is 1.56. The fourth-order valence-electron chi connectivity index (χ4n) is 3.30.